The summed E-state index contributed by atoms with van der Waals surface area (Å²) in [5.41, 5.74) is 3.00. The summed E-state index contributed by atoms with van der Waals surface area (Å²) in [7, 11) is 0. The maximum absolute atomic E-state index is 12.7. The molecule has 168 valence electrons. The quantitative estimate of drug-likeness (QED) is 0.428. The number of nitrogens with one attached hydrogen (secondary N) is 1. The number of ether oxygens (including phenoxy) is 1. The molecule has 4 aromatic rings. The van der Waals surface area contributed by atoms with Crippen LogP contribution in [-0.4, -0.2) is 43.7 Å². The average Bonchev–Trinajstić information content (AvgIpc) is 3.22. The van der Waals surface area contributed by atoms with Gasteiger partial charge in [-0.1, -0.05) is 29.5 Å². The number of pyridine rings is 1. The van der Waals surface area contributed by atoms with Crippen LogP contribution >= 0.6 is 11.3 Å². The number of imide groups is 1. The van der Waals surface area contributed by atoms with E-state index < -0.39 is 12.0 Å². The van der Waals surface area contributed by atoms with Crippen LogP contribution in [0.25, 0.3) is 10.9 Å². The first-order chi connectivity index (χ1) is 15.9. The largest absolute Gasteiger partial charge is 0.489 e. The van der Waals surface area contributed by atoms with Crippen LogP contribution in [0.4, 0.5) is 4.79 Å². The molecular formula is C23H20N4O5S. The Bertz CT molecular complexity index is 1360. The Balaban J connectivity index is 1.43. The van der Waals surface area contributed by atoms with Crippen LogP contribution in [0.15, 0.2) is 59.4 Å². The third-order valence-corrected chi connectivity index (χ3v) is 5.74. The molecule has 0 aliphatic carbocycles. The van der Waals surface area contributed by atoms with E-state index in [1.807, 2.05) is 37.3 Å². The normalized spacial score (nSPS) is 10.8. The number of H-pyrrole nitrogens is 1. The summed E-state index contributed by atoms with van der Waals surface area (Å²) in [6.45, 7) is 2.14. The highest BCUT2D eigenvalue weighted by molar-refractivity contribution is 7.08. The molecule has 0 saturated carbocycles. The highest BCUT2D eigenvalue weighted by atomic mass is 32.1. The lowest BCUT2D eigenvalue weighted by atomic mass is 10.1. The van der Waals surface area contributed by atoms with Crippen molar-refractivity contribution in [2.75, 3.05) is 6.54 Å². The van der Waals surface area contributed by atoms with Crippen molar-refractivity contribution in [1.29, 1.82) is 0 Å². The summed E-state index contributed by atoms with van der Waals surface area (Å²) in [4.78, 5) is 40.4. The first-order valence-corrected chi connectivity index (χ1v) is 10.9. The molecule has 0 spiro atoms. The highest BCUT2D eigenvalue weighted by Crippen LogP contribution is 2.21. The molecule has 2 aromatic carbocycles. The molecule has 2 amide bonds. The number of fused-ring (bicyclic) bond motifs is 1. The van der Waals surface area contributed by atoms with Gasteiger partial charge in [-0.25, -0.2) is 14.8 Å². The van der Waals surface area contributed by atoms with E-state index in [0.29, 0.717) is 22.3 Å². The van der Waals surface area contributed by atoms with Gasteiger partial charge in [-0.15, -0.1) is 0 Å². The lowest BCUT2D eigenvalue weighted by Crippen LogP contribution is -2.37. The van der Waals surface area contributed by atoms with Gasteiger partial charge in [0.1, 0.15) is 17.4 Å². The van der Waals surface area contributed by atoms with Crippen LogP contribution in [0.3, 0.4) is 0 Å². The summed E-state index contributed by atoms with van der Waals surface area (Å²) in [5.74, 6) is -0.110. The number of aromatic nitrogens is 3. The van der Waals surface area contributed by atoms with Crippen molar-refractivity contribution >= 4 is 34.2 Å². The predicted molar refractivity (Wildman–Crippen MR) is 123 cm³/mol. The van der Waals surface area contributed by atoms with Crippen molar-refractivity contribution in [3.63, 3.8) is 0 Å². The number of carboxylic acid groups (broad SMARTS) is 1. The number of aromatic amines is 1. The number of rotatable bonds is 7. The zero-order valence-corrected chi connectivity index (χ0v) is 18.5. The highest BCUT2D eigenvalue weighted by Gasteiger charge is 2.22. The molecule has 0 atom stereocenters. The Morgan fingerprint density at radius 2 is 1.91 bits per heavy atom. The van der Waals surface area contributed by atoms with E-state index in [4.69, 9.17) is 4.74 Å². The molecule has 0 radical (unpaired) electrons. The van der Waals surface area contributed by atoms with Crippen molar-refractivity contribution in [3.8, 4) is 5.75 Å². The second-order valence-electron chi connectivity index (χ2n) is 7.25. The first kappa shape index (κ1) is 22.2. The lowest BCUT2D eigenvalue weighted by Gasteiger charge is -2.17. The zero-order valence-electron chi connectivity index (χ0n) is 17.6. The van der Waals surface area contributed by atoms with Gasteiger partial charge < -0.3 is 9.84 Å². The van der Waals surface area contributed by atoms with E-state index in [2.05, 4.69) is 15.2 Å². The summed E-state index contributed by atoms with van der Waals surface area (Å²) >= 11 is 0.882. The third kappa shape index (κ3) is 5.24. The fraction of sp³-hybridized carbons (Fsp3) is 0.174. The minimum atomic E-state index is -1.37. The number of hydrogen-bond acceptors (Lipinski definition) is 7. The number of para-hydroxylation sites is 1. The van der Waals surface area contributed by atoms with E-state index in [-0.39, 0.29) is 23.4 Å². The zero-order chi connectivity index (χ0) is 23.4. The SMILES string of the molecule is Cc1cc(COc2ccc(C(=O)N(CCc3n[nH]c(=O)s3)C(=O)O)cc2)c2ccccc2n1. The number of benzene rings is 2. The molecule has 2 aromatic heterocycles. The van der Waals surface area contributed by atoms with Gasteiger partial charge in [0.2, 0.25) is 0 Å². The van der Waals surface area contributed by atoms with E-state index >= 15 is 0 Å². The van der Waals surface area contributed by atoms with E-state index in [9.17, 15) is 19.5 Å². The summed E-state index contributed by atoms with van der Waals surface area (Å²) in [5, 5.41) is 17.0. The maximum Gasteiger partial charge on any atom is 0.414 e. The van der Waals surface area contributed by atoms with Crippen molar-refractivity contribution < 1.29 is 19.4 Å². The molecule has 2 heterocycles. The number of aryl methyl sites for hydroxylation is 1. The van der Waals surface area contributed by atoms with Crippen LogP contribution in [-0.2, 0) is 13.0 Å². The Morgan fingerprint density at radius 1 is 1.15 bits per heavy atom. The van der Waals surface area contributed by atoms with Crippen molar-refractivity contribution in [1.82, 2.24) is 20.1 Å². The van der Waals surface area contributed by atoms with E-state index in [1.54, 1.807) is 12.1 Å². The minimum Gasteiger partial charge on any atom is -0.489 e. The van der Waals surface area contributed by atoms with Crippen molar-refractivity contribution in [2.24, 2.45) is 0 Å². The molecule has 0 bridgehead atoms. The second-order valence-corrected chi connectivity index (χ2v) is 8.30. The fourth-order valence-corrected chi connectivity index (χ4v) is 3.97. The standard InChI is InChI=1S/C23H20N4O5S/c1-14-12-16(18-4-2-3-5-19(18)24-14)13-32-17-8-6-15(7-9-17)21(28)27(23(30)31)11-10-20-25-26-22(29)33-20/h2-9,12H,10-11,13H2,1H3,(H,26,29)(H,30,31). The molecule has 2 N–H and O–H groups in total. The minimum absolute atomic E-state index is 0.109. The van der Waals surface area contributed by atoms with Gasteiger partial charge in [-0.05, 0) is 43.3 Å². The summed E-state index contributed by atoms with van der Waals surface area (Å²) in [6, 6.07) is 16.1. The molecule has 33 heavy (non-hydrogen) atoms. The van der Waals surface area contributed by atoms with Crippen LogP contribution in [0.5, 0.6) is 5.75 Å². The van der Waals surface area contributed by atoms with Gasteiger partial charge in [-0.3, -0.25) is 14.6 Å². The summed E-state index contributed by atoms with van der Waals surface area (Å²) in [6.07, 6.45) is -1.22. The Kier molecular flexibility index (Phi) is 6.45. The second kappa shape index (κ2) is 9.61. The molecule has 0 aliphatic heterocycles. The number of hydrogen-bond donors (Lipinski definition) is 2. The average molecular weight is 465 g/mol. The third-order valence-electron chi connectivity index (χ3n) is 4.93. The van der Waals surface area contributed by atoms with Crippen LogP contribution in [0.1, 0.15) is 26.6 Å². The molecule has 0 aliphatic rings. The fourth-order valence-electron chi connectivity index (χ4n) is 3.38. The molecular weight excluding hydrogens is 444 g/mol. The Morgan fingerprint density at radius 3 is 2.61 bits per heavy atom. The number of amides is 2. The number of carbonyl (C=O) groups excluding carboxylic acids is 1. The first-order valence-electron chi connectivity index (χ1n) is 10.1. The van der Waals surface area contributed by atoms with Crippen molar-refractivity contribution in [2.45, 2.75) is 20.0 Å². The number of carbonyl (C=O) groups is 2. The van der Waals surface area contributed by atoms with Crippen LogP contribution in [0.2, 0.25) is 0 Å². The van der Waals surface area contributed by atoms with Crippen LogP contribution < -0.4 is 9.61 Å². The molecule has 4 rings (SSSR count). The molecule has 0 fully saturated rings. The Hall–Kier alpha value is -4.05. The van der Waals surface area contributed by atoms with E-state index in [1.165, 1.54) is 12.1 Å². The van der Waals surface area contributed by atoms with Crippen molar-refractivity contribution in [3.05, 3.63) is 86.1 Å². The topological polar surface area (TPSA) is 125 Å². The molecule has 9 nitrogen and oxygen atoms in total. The summed E-state index contributed by atoms with van der Waals surface area (Å²) < 4.78 is 5.90. The van der Waals surface area contributed by atoms with Gasteiger partial charge in [0.25, 0.3) is 5.91 Å². The lowest BCUT2D eigenvalue weighted by molar-refractivity contribution is 0.0743. The van der Waals surface area contributed by atoms with Gasteiger partial charge in [0, 0.05) is 35.2 Å². The maximum atomic E-state index is 12.7. The molecule has 10 heteroatoms. The smallest absolute Gasteiger partial charge is 0.414 e. The van der Waals surface area contributed by atoms with Gasteiger partial charge >= 0.3 is 11.0 Å². The Labute approximate surface area is 192 Å². The van der Waals surface area contributed by atoms with Gasteiger partial charge in [0.05, 0.1) is 5.52 Å². The monoisotopic (exact) mass is 464 g/mol. The van der Waals surface area contributed by atoms with Gasteiger partial charge in [-0.2, -0.15) is 5.10 Å². The molecule has 0 unspecified atom stereocenters. The predicted octanol–water partition coefficient (Wildman–Crippen LogP) is 3.63. The van der Waals surface area contributed by atoms with Crippen LogP contribution in [0, 0.1) is 6.92 Å². The number of nitrogens with zero attached hydrogens (tertiary/aromatic N) is 3. The molecule has 0 saturated heterocycles. The van der Waals surface area contributed by atoms with E-state index in [0.717, 1.165) is 33.5 Å². The van der Waals surface area contributed by atoms with Gasteiger partial charge in [0.15, 0.2) is 0 Å².